The second-order valence-electron chi connectivity index (χ2n) is 6.96. The second-order valence-corrected chi connectivity index (χ2v) is 6.96. The minimum atomic E-state index is 0.679. The molecule has 0 aliphatic heterocycles. The molecule has 126 valence electrons. The quantitative estimate of drug-likeness (QED) is 0.770. The van der Waals surface area contributed by atoms with Gasteiger partial charge in [0.05, 0.1) is 0 Å². The van der Waals surface area contributed by atoms with E-state index in [4.69, 9.17) is 0 Å². The summed E-state index contributed by atoms with van der Waals surface area (Å²) in [4.78, 5) is 2.77. The van der Waals surface area contributed by atoms with Crippen LogP contribution < -0.4 is 5.32 Å². The molecule has 1 rings (SSSR count). The second kappa shape index (κ2) is 11.5. The van der Waals surface area contributed by atoms with E-state index in [0.717, 1.165) is 6.04 Å². The number of likely N-dealkylation sites (N-methyl/N-ethyl adjacent to an activating group) is 2. The van der Waals surface area contributed by atoms with Gasteiger partial charge in [-0.25, -0.2) is 0 Å². The molecule has 2 nitrogen and oxygen atoms in total. The molecule has 2 heteroatoms. The van der Waals surface area contributed by atoms with Crippen LogP contribution >= 0.6 is 0 Å². The van der Waals surface area contributed by atoms with Crippen molar-refractivity contribution in [3.8, 4) is 0 Å². The fraction of sp³-hybridized carbons (Fsp3) is 1.00. The Bertz CT molecular complexity index is 242. The Labute approximate surface area is 134 Å². The SMILES string of the molecule is CCC(C)N(CC)C1CCCCCCCCCCC1NC. The summed E-state index contributed by atoms with van der Waals surface area (Å²) in [6.07, 6.45) is 15.5. The van der Waals surface area contributed by atoms with Crippen molar-refractivity contribution in [3.05, 3.63) is 0 Å². The highest BCUT2D eigenvalue weighted by atomic mass is 15.2. The minimum Gasteiger partial charge on any atom is -0.315 e. The highest BCUT2D eigenvalue weighted by Crippen LogP contribution is 2.23. The van der Waals surface area contributed by atoms with Crippen LogP contribution in [0.1, 0.15) is 91.4 Å². The van der Waals surface area contributed by atoms with Gasteiger partial charge in [0.1, 0.15) is 0 Å². The summed E-state index contributed by atoms with van der Waals surface area (Å²) in [6.45, 7) is 8.27. The third-order valence-corrected chi connectivity index (χ3v) is 5.55. The molecule has 1 saturated carbocycles. The Balaban J connectivity index is 2.72. The Hall–Kier alpha value is -0.0800. The largest absolute Gasteiger partial charge is 0.315 e. The van der Waals surface area contributed by atoms with Crippen LogP contribution in [0.4, 0.5) is 0 Å². The topological polar surface area (TPSA) is 15.3 Å². The summed E-state index contributed by atoms with van der Waals surface area (Å²) < 4.78 is 0. The van der Waals surface area contributed by atoms with Crippen molar-refractivity contribution >= 4 is 0 Å². The lowest BCUT2D eigenvalue weighted by molar-refractivity contribution is 0.104. The third kappa shape index (κ3) is 6.69. The molecule has 3 atom stereocenters. The van der Waals surface area contributed by atoms with E-state index in [-0.39, 0.29) is 0 Å². The summed E-state index contributed by atoms with van der Waals surface area (Å²) in [5.41, 5.74) is 0. The van der Waals surface area contributed by atoms with Gasteiger partial charge in [-0.1, -0.05) is 65.2 Å². The molecule has 0 aromatic heterocycles. The molecular formula is C19H40N2. The predicted octanol–water partition coefficient (Wildman–Crippen LogP) is 4.98. The summed E-state index contributed by atoms with van der Waals surface area (Å²) in [5.74, 6) is 0. The predicted molar refractivity (Wildman–Crippen MR) is 94.9 cm³/mol. The molecule has 1 fully saturated rings. The van der Waals surface area contributed by atoms with Crippen LogP contribution in [0.5, 0.6) is 0 Å². The maximum Gasteiger partial charge on any atom is 0.0251 e. The summed E-state index contributed by atoms with van der Waals surface area (Å²) in [7, 11) is 2.17. The average Bonchev–Trinajstić information content (AvgIpc) is 2.50. The zero-order valence-corrected chi connectivity index (χ0v) is 15.2. The first kappa shape index (κ1) is 19.0. The van der Waals surface area contributed by atoms with Crippen molar-refractivity contribution in [2.75, 3.05) is 13.6 Å². The van der Waals surface area contributed by atoms with Crippen molar-refractivity contribution in [2.45, 2.75) is 110 Å². The highest BCUT2D eigenvalue weighted by Gasteiger charge is 2.27. The van der Waals surface area contributed by atoms with Crippen LogP contribution in [-0.2, 0) is 0 Å². The van der Waals surface area contributed by atoms with Gasteiger partial charge in [-0.2, -0.15) is 0 Å². The Morgan fingerprint density at radius 3 is 1.90 bits per heavy atom. The molecule has 0 heterocycles. The van der Waals surface area contributed by atoms with Gasteiger partial charge >= 0.3 is 0 Å². The summed E-state index contributed by atoms with van der Waals surface area (Å²) >= 11 is 0. The van der Waals surface area contributed by atoms with Gasteiger partial charge in [-0.3, -0.25) is 4.90 Å². The number of nitrogens with zero attached hydrogens (tertiary/aromatic N) is 1. The Kier molecular flexibility index (Phi) is 10.4. The monoisotopic (exact) mass is 296 g/mol. The lowest BCUT2D eigenvalue weighted by atomic mass is 9.92. The maximum atomic E-state index is 3.66. The molecule has 0 spiro atoms. The Morgan fingerprint density at radius 2 is 1.43 bits per heavy atom. The molecule has 0 aromatic carbocycles. The van der Waals surface area contributed by atoms with E-state index in [0.29, 0.717) is 12.1 Å². The van der Waals surface area contributed by atoms with Crippen molar-refractivity contribution in [1.29, 1.82) is 0 Å². The van der Waals surface area contributed by atoms with Crippen LogP contribution in [0.2, 0.25) is 0 Å². The van der Waals surface area contributed by atoms with Crippen LogP contribution in [-0.4, -0.2) is 36.6 Å². The molecule has 0 aromatic rings. The van der Waals surface area contributed by atoms with Gasteiger partial charge in [-0.15, -0.1) is 0 Å². The number of hydrogen-bond donors (Lipinski definition) is 1. The highest BCUT2D eigenvalue weighted by molar-refractivity contribution is 4.86. The van der Waals surface area contributed by atoms with E-state index in [1.165, 1.54) is 77.2 Å². The standard InChI is InChI=1S/C19H40N2/c1-5-17(3)21(6-2)19-16-14-12-10-8-7-9-11-13-15-18(19)20-4/h17-20H,5-16H2,1-4H3. The first-order valence-corrected chi connectivity index (χ1v) is 9.67. The number of rotatable bonds is 5. The molecule has 1 aliphatic carbocycles. The van der Waals surface area contributed by atoms with E-state index >= 15 is 0 Å². The van der Waals surface area contributed by atoms with Gasteiger partial charge in [0, 0.05) is 18.1 Å². The summed E-state index contributed by atoms with van der Waals surface area (Å²) in [5, 5.41) is 3.66. The van der Waals surface area contributed by atoms with Crippen LogP contribution in [0.25, 0.3) is 0 Å². The zero-order valence-electron chi connectivity index (χ0n) is 15.2. The smallest absolute Gasteiger partial charge is 0.0251 e. The molecule has 0 amide bonds. The van der Waals surface area contributed by atoms with Gasteiger partial charge in [0.25, 0.3) is 0 Å². The van der Waals surface area contributed by atoms with Gasteiger partial charge < -0.3 is 5.32 Å². The van der Waals surface area contributed by atoms with Crippen LogP contribution in [0.15, 0.2) is 0 Å². The molecule has 1 aliphatic rings. The fourth-order valence-electron chi connectivity index (χ4n) is 4.01. The number of nitrogens with one attached hydrogen (secondary N) is 1. The van der Waals surface area contributed by atoms with E-state index < -0.39 is 0 Å². The normalized spacial score (nSPS) is 27.9. The molecular weight excluding hydrogens is 256 g/mol. The van der Waals surface area contributed by atoms with Crippen LogP contribution in [0, 0.1) is 0 Å². The minimum absolute atomic E-state index is 0.679. The van der Waals surface area contributed by atoms with E-state index in [1.54, 1.807) is 0 Å². The van der Waals surface area contributed by atoms with Gasteiger partial charge in [0.2, 0.25) is 0 Å². The Morgan fingerprint density at radius 1 is 0.905 bits per heavy atom. The molecule has 21 heavy (non-hydrogen) atoms. The van der Waals surface area contributed by atoms with E-state index in [1.807, 2.05) is 0 Å². The first-order valence-electron chi connectivity index (χ1n) is 9.67. The maximum absolute atomic E-state index is 3.66. The van der Waals surface area contributed by atoms with E-state index in [2.05, 4.69) is 38.0 Å². The average molecular weight is 297 g/mol. The zero-order chi connectivity index (χ0) is 15.5. The fourth-order valence-corrected chi connectivity index (χ4v) is 4.01. The molecule has 0 saturated heterocycles. The number of hydrogen-bond acceptors (Lipinski definition) is 2. The van der Waals surface area contributed by atoms with E-state index in [9.17, 15) is 0 Å². The van der Waals surface area contributed by atoms with Gasteiger partial charge in [-0.05, 0) is 39.8 Å². The lowest BCUT2D eigenvalue weighted by Crippen LogP contribution is -2.52. The third-order valence-electron chi connectivity index (χ3n) is 5.55. The van der Waals surface area contributed by atoms with Crippen molar-refractivity contribution in [3.63, 3.8) is 0 Å². The molecule has 1 N–H and O–H groups in total. The van der Waals surface area contributed by atoms with Crippen molar-refractivity contribution in [1.82, 2.24) is 10.2 Å². The van der Waals surface area contributed by atoms with Crippen molar-refractivity contribution < 1.29 is 0 Å². The molecule has 3 unspecified atom stereocenters. The van der Waals surface area contributed by atoms with Crippen molar-refractivity contribution in [2.24, 2.45) is 0 Å². The van der Waals surface area contributed by atoms with Crippen LogP contribution in [0.3, 0.4) is 0 Å². The van der Waals surface area contributed by atoms with Gasteiger partial charge in [0.15, 0.2) is 0 Å². The first-order chi connectivity index (χ1) is 10.2. The molecule has 0 radical (unpaired) electrons. The summed E-state index contributed by atoms with van der Waals surface area (Å²) in [6, 6.07) is 2.12. The molecule has 0 bridgehead atoms. The lowest BCUT2D eigenvalue weighted by Gasteiger charge is -2.40.